The third-order valence-corrected chi connectivity index (χ3v) is 5.94. The summed E-state index contributed by atoms with van der Waals surface area (Å²) in [5.41, 5.74) is 0. The average Bonchev–Trinajstić information content (AvgIpc) is 2.96. The number of sulfonamides is 1. The van der Waals surface area contributed by atoms with Gasteiger partial charge >= 0.3 is 0 Å². The van der Waals surface area contributed by atoms with E-state index in [1.165, 1.54) is 10.4 Å². The first-order valence-electron chi connectivity index (χ1n) is 6.51. The molecule has 0 radical (unpaired) electrons. The fourth-order valence-electron chi connectivity index (χ4n) is 1.91. The maximum Gasteiger partial charge on any atom is 0.262 e. The fraction of sp³-hybridized carbons (Fsp3) is 0.583. The van der Waals surface area contributed by atoms with Crippen LogP contribution in [0.1, 0.15) is 23.0 Å². The minimum Gasteiger partial charge on any atom is -0.379 e. The van der Waals surface area contributed by atoms with Crippen LogP contribution in [0, 0.1) is 0 Å². The lowest BCUT2D eigenvalue weighted by Crippen LogP contribution is -2.41. The molecule has 1 aliphatic rings. The van der Waals surface area contributed by atoms with E-state index in [4.69, 9.17) is 4.74 Å². The third-order valence-electron chi connectivity index (χ3n) is 2.96. The number of rotatable bonds is 5. The van der Waals surface area contributed by atoms with Crippen LogP contribution >= 0.6 is 11.3 Å². The molecular weight excluding hydrogens is 300 g/mol. The van der Waals surface area contributed by atoms with E-state index in [2.05, 4.69) is 5.32 Å². The SMILES string of the molecule is CCCNC(=O)c1sccc1S(=O)(=O)N1CCOCC1. The van der Waals surface area contributed by atoms with Crippen LogP contribution in [-0.2, 0) is 14.8 Å². The van der Waals surface area contributed by atoms with Gasteiger partial charge in [-0.25, -0.2) is 8.42 Å². The van der Waals surface area contributed by atoms with Crippen molar-refractivity contribution in [3.63, 3.8) is 0 Å². The summed E-state index contributed by atoms with van der Waals surface area (Å²) in [6, 6.07) is 1.50. The average molecular weight is 318 g/mol. The molecule has 6 nitrogen and oxygen atoms in total. The molecule has 0 saturated carbocycles. The van der Waals surface area contributed by atoms with Crippen molar-refractivity contribution in [1.29, 1.82) is 0 Å². The predicted octanol–water partition coefficient (Wildman–Crippen LogP) is 0.909. The van der Waals surface area contributed by atoms with E-state index in [0.717, 1.165) is 17.8 Å². The summed E-state index contributed by atoms with van der Waals surface area (Å²) in [6.45, 7) is 3.91. The standard InChI is InChI=1S/C12H18N2O4S2/c1-2-4-13-12(15)11-10(3-9-19-11)20(16,17)14-5-7-18-8-6-14/h3,9H,2,4-8H2,1H3,(H,13,15). The Bertz CT molecular complexity index is 562. The second-order valence-electron chi connectivity index (χ2n) is 4.39. The van der Waals surface area contributed by atoms with Gasteiger partial charge in [-0.1, -0.05) is 6.92 Å². The van der Waals surface area contributed by atoms with Gasteiger partial charge in [0.2, 0.25) is 10.0 Å². The summed E-state index contributed by atoms with van der Waals surface area (Å²) in [5, 5.41) is 4.35. The van der Waals surface area contributed by atoms with E-state index < -0.39 is 10.0 Å². The summed E-state index contributed by atoms with van der Waals surface area (Å²) in [6.07, 6.45) is 0.808. The van der Waals surface area contributed by atoms with Crippen molar-refractivity contribution >= 4 is 27.3 Å². The Hall–Kier alpha value is -0.960. The first-order chi connectivity index (χ1) is 9.57. The lowest BCUT2D eigenvalue weighted by atomic mass is 10.4. The van der Waals surface area contributed by atoms with Crippen molar-refractivity contribution in [3.8, 4) is 0 Å². The van der Waals surface area contributed by atoms with Crippen LogP contribution in [0.4, 0.5) is 0 Å². The molecule has 1 aromatic rings. The molecule has 2 rings (SSSR count). The molecule has 1 saturated heterocycles. The van der Waals surface area contributed by atoms with Crippen molar-refractivity contribution in [2.24, 2.45) is 0 Å². The van der Waals surface area contributed by atoms with Crippen LogP contribution in [0.25, 0.3) is 0 Å². The molecule has 20 heavy (non-hydrogen) atoms. The fourth-order valence-corrected chi connectivity index (χ4v) is 4.64. The maximum absolute atomic E-state index is 12.5. The molecule has 1 aromatic heterocycles. The highest BCUT2D eigenvalue weighted by atomic mass is 32.2. The van der Waals surface area contributed by atoms with Gasteiger partial charge in [0.25, 0.3) is 5.91 Å². The van der Waals surface area contributed by atoms with Crippen LogP contribution in [0.15, 0.2) is 16.3 Å². The number of carbonyl (C=O) groups excluding carboxylic acids is 1. The Morgan fingerprint density at radius 3 is 2.80 bits per heavy atom. The number of ether oxygens (including phenoxy) is 1. The Balaban J connectivity index is 2.24. The minimum absolute atomic E-state index is 0.0954. The van der Waals surface area contributed by atoms with Crippen molar-refractivity contribution in [2.75, 3.05) is 32.8 Å². The Kier molecular flexibility index (Phi) is 5.14. The second kappa shape index (κ2) is 6.66. The van der Waals surface area contributed by atoms with Gasteiger partial charge in [0.05, 0.1) is 13.2 Å². The molecule has 1 aliphatic heterocycles. The van der Waals surface area contributed by atoms with Gasteiger partial charge in [-0.2, -0.15) is 4.31 Å². The number of amides is 1. The zero-order chi connectivity index (χ0) is 14.6. The van der Waals surface area contributed by atoms with E-state index in [-0.39, 0.29) is 15.7 Å². The van der Waals surface area contributed by atoms with Crippen molar-refractivity contribution in [1.82, 2.24) is 9.62 Å². The van der Waals surface area contributed by atoms with E-state index in [9.17, 15) is 13.2 Å². The number of nitrogens with zero attached hydrogens (tertiary/aromatic N) is 1. The lowest BCUT2D eigenvalue weighted by molar-refractivity contribution is 0.0730. The van der Waals surface area contributed by atoms with Gasteiger partial charge in [0.15, 0.2) is 0 Å². The third kappa shape index (κ3) is 3.20. The molecule has 0 atom stereocenters. The normalized spacial score (nSPS) is 17.1. The van der Waals surface area contributed by atoms with E-state index in [1.54, 1.807) is 5.38 Å². The van der Waals surface area contributed by atoms with Crippen LogP contribution in [0.5, 0.6) is 0 Å². The van der Waals surface area contributed by atoms with Gasteiger partial charge in [-0.3, -0.25) is 4.79 Å². The summed E-state index contributed by atoms with van der Waals surface area (Å²) < 4.78 is 31.6. The van der Waals surface area contributed by atoms with Gasteiger partial charge in [-0.15, -0.1) is 11.3 Å². The van der Waals surface area contributed by atoms with E-state index in [0.29, 0.717) is 32.8 Å². The summed E-state index contributed by atoms with van der Waals surface area (Å²) in [5.74, 6) is -0.325. The quantitative estimate of drug-likeness (QED) is 0.875. The van der Waals surface area contributed by atoms with Crippen LogP contribution in [0.2, 0.25) is 0 Å². The summed E-state index contributed by atoms with van der Waals surface area (Å²) >= 11 is 1.15. The monoisotopic (exact) mass is 318 g/mol. The van der Waals surface area contributed by atoms with Gasteiger partial charge in [0.1, 0.15) is 9.77 Å². The predicted molar refractivity (Wildman–Crippen MR) is 76.5 cm³/mol. The molecule has 0 bridgehead atoms. The number of nitrogens with one attached hydrogen (secondary N) is 1. The number of thiophene rings is 1. The molecular formula is C12H18N2O4S2. The summed E-state index contributed by atoms with van der Waals surface area (Å²) in [7, 11) is -3.62. The molecule has 1 N–H and O–H groups in total. The number of hydrogen-bond acceptors (Lipinski definition) is 5. The highest BCUT2D eigenvalue weighted by Crippen LogP contribution is 2.25. The first-order valence-corrected chi connectivity index (χ1v) is 8.83. The zero-order valence-corrected chi connectivity index (χ0v) is 12.9. The molecule has 1 amide bonds. The Morgan fingerprint density at radius 1 is 1.45 bits per heavy atom. The molecule has 0 spiro atoms. The summed E-state index contributed by atoms with van der Waals surface area (Å²) in [4.78, 5) is 12.4. The molecule has 0 aliphatic carbocycles. The van der Waals surface area contributed by atoms with Gasteiger partial charge in [0, 0.05) is 19.6 Å². The largest absolute Gasteiger partial charge is 0.379 e. The molecule has 1 fully saturated rings. The Morgan fingerprint density at radius 2 is 2.15 bits per heavy atom. The minimum atomic E-state index is -3.62. The molecule has 8 heteroatoms. The van der Waals surface area contributed by atoms with Crippen molar-refractivity contribution in [2.45, 2.75) is 18.2 Å². The zero-order valence-electron chi connectivity index (χ0n) is 11.3. The van der Waals surface area contributed by atoms with Crippen LogP contribution in [-0.4, -0.2) is 51.5 Å². The molecule has 0 unspecified atom stereocenters. The molecule has 0 aromatic carbocycles. The van der Waals surface area contributed by atoms with E-state index in [1.807, 2.05) is 6.92 Å². The first kappa shape index (κ1) is 15.4. The van der Waals surface area contributed by atoms with Gasteiger partial charge < -0.3 is 10.1 Å². The number of hydrogen-bond donors (Lipinski definition) is 1. The highest BCUT2D eigenvalue weighted by Gasteiger charge is 2.31. The van der Waals surface area contributed by atoms with Crippen LogP contribution in [0.3, 0.4) is 0 Å². The maximum atomic E-state index is 12.5. The second-order valence-corrected chi connectivity index (χ2v) is 7.21. The number of morpholine rings is 1. The Labute approximate surface area is 122 Å². The topological polar surface area (TPSA) is 75.7 Å². The van der Waals surface area contributed by atoms with Gasteiger partial charge in [-0.05, 0) is 17.9 Å². The number of carbonyl (C=O) groups is 1. The highest BCUT2D eigenvalue weighted by molar-refractivity contribution is 7.89. The van der Waals surface area contributed by atoms with Crippen molar-refractivity contribution < 1.29 is 17.9 Å². The van der Waals surface area contributed by atoms with Crippen molar-refractivity contribution in [3.05, 3.63) is 16.3 Å². The smallest absolute Gasteiger partial charge is 0.262 e. The lowest BCUT2D eigenvalue weighted by Gasteiger charge is -2.26. The van der Waals surface area contributed by atoms with Crippen LogP contribution < -0.4 is 5.32 Å². The molecule has 2 heterocycles. The molecule has 112 valence electrons. The van der Waals surface area contributed by atoms with E-state index >= 15 is 0 Å².